The van der Waals surface area contributed by atoms with Gasteiger partial charge in [0.05, 0.1) is 32.1 Å². The van der Waals surface area contributed by atoms with Crippen molar-refractivity contribution in [1.29, 1.82) is 0 Å². The molecule has 0 aliphatic heterocycles. The summed E-state index contributed by atoms with van der Waals surface area (Å²) >= 11 is 6.77. The van der Waals surface area contributed by atoms with Gasteiger partial charge >= 0.3 is 5.97 Å². The zero-order valence-corrected chi connectivity index (χ0v) is 20.6. The maximum Gasteiger partial charge on any atom is 0.343 e. The number of rotatable bonds is 5. The van der Waals surface area contributed by atoms with Crippen molar-refractivity contribution in [3.8, 4) is 5.75 Å². The summed E-state index contributed by atoms with van der Waals surface area (Å²) < 4.78 is 7.87. The molecule has 3 aromatic carbocycles. The first-order chi connectivity index (χ1) is 16.2. The molecule has 0 saturated heterocycles. The summed E-state index contributed by atoms with van der Waals surface area (Å²) in [5.41, 5.74) is 0.626. The maximum atomic E-state index is 12.9. The Morgan fingerprint density at radius 1 is 1.15 bits per heavy atom. The van der Waals surface area contributed by atoms with Gasteiger partial charge in [0.25, 0.3) is 11.2 Å². The van der Waals surface area contributed by atoms with E-state index < -0.39 is 10.9 Å². The minimum Gasteiger partial charge on any atom is -0.421 e. The summed E-state index contributed by atoms with van der Waals surface area (Å²) in [5, 5.41) is 15.5. The molecule has 1 heterocycles. The first kappa shape index (κ1) is 23.5. The number of hydrogen-bond donors (Lipinski definition) is 0. The number of para-hydroxylation sites is 1. The summed E-state index contributed by atoms with van der Waals surface area (Å²) in [4.78, 5) is 40.3. The molecule has 0 aliphatic rings. The molecule has 1 aromatic heterocycles. The fourth-order valence-corrected chi connectivity index (χ4v) is 4.48. The Morgan fingerprint density at radius 2 is 1.85 bits per heavy atom. The zero-order valence-electron chi connectivity index (χ0n) is 17.4. The van der Waals surface area contributed by atoms with Crippen molar-refractivity contribution in [1.82, 2.24) is 9.66 Å². The summed E-state index contributed by atoms with van der Waals surface area (Å²) in [6.07, 6.45) is 1.39. The molecule has 0 unspecified atom stereocenters. The van der Waals surface area contributed by atoms with Crippen LogP contribution < -0.4 is 10.3 Å². The summed E-state index contributed by atoms with van der Waals surface area (Å²) in [6, 6.07) is 15.4. The van der Waals surface area contributed by atoms with Crippen molar-refractivity contribution < 1.29 is 14.5 Å². The molecule has 0 amide bonds. The second-order valence-electron chi connectivity index (χ2n) is 7.04. The monoisotopic (exact) mass is 584 g/mol. The number of benzene rings is 3. The normalized spacial score (nSPS) is 11.1. The average Bonchev–Trinajstić information content (AvgIpc) is 2.81. The van der Waals surface area contributed by atoms with Gasteiger partial charge in [-0.15, -0.1) is 0 Å². The lowest BCUT2D eigenvalue weighted by molar-refractivity contribution is -0.384. The largest absolute Gasteiger partial charge is 0.421 e. The number of nitro benzene ring substituents is 1. The van der Waals surface area contributed by atoms with Gasteiger partial charge in [-0.25, -0.2) is 9.78 Å². The molecule has 170 valence electrons. The van der Waals surface area contributed by atoms with Crippen LogP contribution in [-0.2, 0) is 0 Å². The molecule has 0 fully saturated rings. The van der Waals surface area contributed by atoms with E-state index in [9.17, 15) is 19.7 Å². The zero-order chi connectivity index (χ0) is 24.4. The van der Waals surface area contributed by atoms with Crippen LogP contribution in [0.25, 0.3) is 10.9 Å². The molecule has 0 radical (unpaired) electrons. The maximum absolute atomic E-state index is 12.9. The Bertz CT molecular complexity index is 1530. The second kappa shape index (κ2) is 9.65. The third-order valence-electron chi connectivity index (χ3n) is 4.77. The standard InChI is InChI=1S/C23H14Br2N4O5/c1-13-27-20-5-3-2-4-18(20)22(30)28(13)26-12-15-10-16(24)11-19(25)21(15)34-23(31)14-6-8-17(9-7-14)29(32)33/h2-12H,1H3. The molecule has 0 spiro atoms. The topological polar surface area (TPSA) is 117 Å². The van der Waals surface area contributed by atoms with Crippen LogP contribution in [0.5, 0.6) is 5.75 Å². The number of ether oxygens (including phenoxy) is 1. The van der Waals surface area contributed by atoms with Crippen molar-refractivity contribution in [2.24, 2.45) is 5.10 Å². The number of nitrogens with zero attached hydrogens (tertiary/aromatic N) is 4. The van der Waals surface area contributed by atoms with Crippen molar-refractivity contribution in [2.75, 3.05) is 0 Å². The van der Waals surface area contributed by atoms with Gasteiger partial charge in [-0.2, -0.15) is 9.78 Å². The molecular formula is C23H14Br2N4O5. The van der Waals surface area contributed by atoms with Gasteiger partial charge in [0.15, 0.2) is 5.75 Å². The lowest BCUT2D eigenvalue weighted by atomic mass is 10.2. The number of hydrogen-bond acceptors (Lipinski definition) is 7. The third-order valence-corrected chi connectivity index (χ3v) is 5.82. The second-order valence-corrected chi connectivity index (χ2v) is 8.81. The van der Waals surface area contributed by atoms with E-state index in [4.69, 9.17) is 4.74 Å². The van der Waals surface area contributed by atoms with Crippen LogP contribution in [-0.4, -0.2) is 26.8 Å². The fourth-order valence-electron chi connectivity index (χ4n) is 3.15. The van der Waals surface area contributed by atoms with E-state index in [2.05, 4.69) is 41.9 Å². The molecule has 11 heteroatoms. The van der Waals surface area contributed by atoms with Gasteiger partial charge < -0.3 is 4.74 Å². The highest BCUT2D eigenvalue weighted by Gasteiger charge is 2.17. The van der Waals surface area contributed by atoms with Crippen LogP contribution in [0.2, 0.25) is 0 Å². The SMILES string of the molecule is Cc1nc2ccccc2c(=O)n1N=Cc1cc(Br)cc(Br)c1OC(=O)c1ccc([N+](=O)[O-])cc1. The average molecular weight is 586 g/mol. The van der Waals surface area contributed by atoms with E-state index in [1.165, 1.54) is 35.2 Å². The van der Waals surface area contributed by atoms with E-state index in [0.29, 0.717) is 31.2 Å². The highest BCUT2D eigenvalue weighted by atomic mass is 79.9. The van der Waals surface area contributed by atoms with Crippen LogP contribution in [0.3, 0.4) is 0 Å². The Labute approximate surface area is 209 Å². The minimum absolute atomic E-state index is 0.133. The number of non-ortho nitro benzene ring substituents is 1. The highest BCUT2D eigenvalue weighted by molar-refractivity contribution is 9.11. The smallest absolute Gasteiger partial charge is 0.343 e. The first-order valence-electron chi connectivity index (χ1n) is 9.73. The number of halogens is 2. The number of aryl methyl sites for hydroxylation is 1. The molecule has 0 saturated carbocycles. The van der Waals surface area contributed by atoms with Gasteiger partial charge in [-0.1, -0.05) is 28.1 Å². The highest BCUT2D eigenvalue weighted by Crippen LogP contribution is 2.33. The predicted octanol–water partition coefficient (Wildman–Crippen LogP) is 5.24. The fraction of sp³-hybridized carbons (Fsp3) is 0.0435. The summed E-state index contributed by atoms with van der Waals surface area (Å²) in [7, 11) is 0. The summed E-state index contributed by atoms with van der Waals surface area (Å²) in [5.74, 6) is -0.165. The molecule has 4 rings (SSSR count). The molecule has 0 bridgehead atoms. The molecule has 9 nitrogen and oxygen atoms in total. The molecule has 0 atom stereocenters. The number of aromatic nitrogens is 2. The van der Waals surface area contributed by atoms with Crippen molar-refractivity contribution >= 4 is 60.6 Å². The Hall–Kier alpha value is -3.70. The lowest BCUT2D eigenvalue weighted by Crippen LogP contribution is -2.20. The van der Waals surface area contributed by atoms with E-state index in [1.807, 2.05) is 0 Å². The van der Waals surface area contributed by atoms with E-state index >= 15 is 0 Å². The molecule has 4 aromatic rings. The van der Waals surface area contributed by atoms with Gasteiger partial charge in [-0.3, -0.25) is 14.9 Å². The van der Waals surface area contributed by atoms with Crippen LogP contribution >= 0.6 is 31.9 Å². The van der Waals surface area contributed by atoms with Gasteiger partial charge in [0.2, 0.25) is 0 Å². The number of fused-ring (bicyclic) bond motifs is 1. The molecule has 0 N–H and O–H groups in total. The number of esters is 1. The van der Waals surface area contributed by atoms with E-state index in [0.717, 1.165) is 0 Å². The Morgan fingerprint density at radius 3 is 2.56 bits per heavy atom. The van der Waals surface area contributed by atoms with Crippen molar-refractivity contribution in [2.45, 2.75) is 6.92 Å². The predicted molar refractivity (Wildman–Crippen MR) is 134 cm³/mol. The van der Waals surface area contributed by atoms with E-state index in [-0.39, 0.29) is 22.6 Å². The van der Waals surface area contributed by atoms with Crippen LogP contribution in [0.1, 0.15) is 21.7 Å². The third kappa shape index (κ3) is 4.80. The number of carbonyl (C=O) groups excluding carboxylic acids is 1. The first-order valence-corrected chi connectivity index (χ1v) is 11.3. The quantitative estimate of drug-likeness (QED) is 0.104. The lowest BCUT2D eigenvalue weighted by Gasteiger charge is -2.11. The van der Waals surface area contributed by atoms with Crippen LogP contribution in [0.4, 0.5) is 5.69 Å². The summed E-state index contributed by atoms with van der Waals surface area (Å²) in [6.45, 7) is 1.66. The van der Waals surface area contributed by atoms with Gasteiger partial charge in [-0.05, 0) is 59.3 Å². The van der Waals surface area contributed by atoms with Crippen molar-refractivity contribution in [3.05, 3.63) is 107 Å². The Balaban J connectivity index is 1.71. The van der Waals surface area contributed by atoms with Crippen LogP contribution in [0.15, 0.2) is 79.5 Å². The van der Waals surface area contributed by atoms with Crippen molar-refractivity contribution in [3.63, 3.8) is 0 Å². The minimum atomic E-state index is -0.715. The number of nitro groups is 1. The number of carbonyl (C=O) groups is 1. The van der Waals surface area contributed by atoms with Gasteiger partial charge in [0, 0.05) is 22.2 Å². The molecular weight excluding hydrogens is 572 g/mol. The van der Waals surface area contributed by atoms with E-state index in [1.54, 1.807) is 43.3 Å². The Kier molecular flexibility index (Phi) is 6.66. The van der Waals surface area contributed by atoms with Gasteiger partial charge in [0.1, 0.15) is 5.82 Å². The molecule has 34 heavy (non-hydrogen) atoms. The molecule has 0 aliphatic carbocycles. The van der Waals surface area contributed by atoms with Crippen LogP contribution in [0, 0.1) is 17.0 Å².